The summed E-state index contributed by atoms with van der Waals surface area (Å²) < 4.78 is 4.57. The molecule has 0 bridgehead atoms. The van der Waals surface area contributed by atoms with Gasteiger partial charge in [0.05, 0.1) is 13.2 Å². The van der Waals surface area contributed by atoms with Gasteiger partial charge in [0.15, 0.2) is 0 Å². The minimum atomic E-state index is -0.349. The number of likely N-dealkylation sites (tertiary alicyclic amines) is 1. The van der Waals surface area contributed by atoms with Crippen molar-refractivity contribution in [1.82, 2.24) is 4.90 Å². The first kappa shape index (κ1) is 15.3. The van der Waals surface area contributed by atoms with E-state index in [1.165, 1.54) is 25.2 Å². The van der Waals surface area contributed by atoms with Crippen LogP contribution in [0.15, 0.2) is 30.3 Å². The number of carbonyl (C=O) groups is 1. The lowest BCUT2D eigenvalue weighted by atomic mass is 10.0. The van der Waals surface area contributed by atoms with Gasteiger partial charge in [-0.1, -0.05) is 24.3 Å². The largest absolute Gasteiger partial charge is 0.466 e. The van der Waals surface area contributed by atoms with Crippen LogP contribution in [0.3, 0.4) is 0 Å². The molecule has 2 rings (SSSR count). The molecule has 0 saturated carbocycles. The number of hydrogen-bond acceptors (Lipinski definition) is 4. The molecule has 1 unspecified atom stereocenters. The molecule has 0 amide bonds. The second kappa shape index (κ2) is 7.61. The fraction of sp³-hybridized carbons (Fsp3) is 0.412. The Morgan fingerprint density at radius 2 is 2.24 bits per heavy atom. The lowest BCUT2D eigenvalue weighted by Crippen LogP contribution is -2.24. The van der Waals surface area contributed by atoms with Crippen molar-refractivity contribution in [2.75, 3.05) is 20.2 Å². The Balaban J connectivity index is 2.03. The zero-order valence-electron chi connectivity index (χ0n) is 12.3. The fourth-order valence-electron chi connectivity index (χ4n) is 2.73. The van der Waals surface area contributed by atoms with Gasteiger partial charge in [0.25, 0.3) is 0 Å². The van der Waals surface area contributed by atoms with Gasteiger partial charge in [-0.05, 0) is 36.6 Å². The summed E-state index contributed by atoms with van der Waals surface area (Å²) in [5.74, 6) is -0.349. The Bertz CT molecular complexity index is 543. The summed E-state index contributed by atoms with van der Waals surface area (Å²) in [6, 6.07) is 10.9. The highest BCUT2D eigenvalue weighted by atomic mass is 16.5. The predicted molar refractivity (Wildman–Crippen MR) is 81.3 cm³/mol. The van der Waals surface area contributed by atoms with E-state index in [9.17, 15) is 4.79 Å². The normalized spacial score (nSPS) is 18.8. The van der Waals surface area contributed by atoms with E-state index in [0.29, 0.717) is 12.5 Å². The number of esters is 1. The van der Waals surface area contributed by atoms with Crippen molar-refractivity contribution in [3.8, 4) is 6.07 Å². The summed E-state index contributed by atoms with van der Waals surface area (Å²) in [7, 11) is 1.37. The van der Waals surface area contributed by atoms with Crippen molar-refractivity contribution in [3.63, 3.8) is 0 Å². The fourth-order valence-corrected chi connectivity index (χ4v) is 2.73. The average molecular weight is 284 g/mol. The molecule has 21 heavy (non-hydrogen) atoms. The molecule has 1 atom stereocenters. The van der Waals surface area contributed by atoms with Crippen molar-refractivity contribution in [3.05, 3.63) is 41.5 Å². The molecule has 0 aliphatic carbocycles. The standard InChI is InChI=1S/C17H20N2O2/c1-21-17(20)10-7-14-5-8-15(9-6-14)16-4-2-12-19(16)13-3-11-18/h5-10,16H,2-4,12-13H2,1H3/b10-7+. The highest BCUT2D eigenvalue weighted by molar-refractivity contribution is 5.86. The van der Waals surface area contributed by atoms with E-state index < -0.39 is 0 Å². The minimum Gasteiger partial charge on any atom is -0.466 e. The third-order valence-electron chi connectivity index (χ3n) is 3.81. The van der Waals surface area contributed by atoms with Crippen molar-refractivity contribution >= 4 is 12.0 Å². The van der Waals surface area contributed by atoms with Crippen LogP contribution >= 0.6 is 0 Å². The predicted octanol–water partition coefficient (Wildman–Crippen LogP) is 2.92. The molecule has 0 spiro atoms. The van der Waals surface area contributed by atoms with Crippen LogP contribution in [0.25, 0.3) is 6.08 Å². The SMILES string of the molecule is COC(=O)/C=C/c1ccc(C2CCCN2CCC#N)cc1. The maximum Gasteiger partial charge on any atom is 0.330 e. The van der Waals surface area contributed by atoms with E-state index in [1.807, 2.05) is 12.1 Å². The number of methoxy groups -OCH3 is 1. The first-order chi connectivity index (χ1) is 10.2. The number of nitriles is 1. The zero-order valence-corrected chi connectivity index (χ0v) is 12.3. The lowest BCUT2D eigenvalue weighted by Gasteiger charge is -2.23. The molecule has 4 heteroatoms. The monoisotopic (exact) mass is 284 g/mol. The van der Waals surface area contributed by atoms with Crippen molar-refractivity contribution < 1.29 is 9.53 Å². The third kappa shape index (κ3) is 4.17. The Morgan fingerprint density at radius 1 is 1.48 bits per heavy atom. The van der Waals surface area contributed by atoms with E-state index in [0.717, 1.165) is 25.1 Å². The Morgan fingerprint density at radius 3 is 2.90 bits per heavy atom. The van der Waals surface area contributed by atoms with Crippen LogP contribution in [0.4, 0.5) is 0 Å². The minimum absolute atomic E-state index is 0.349. The van der Waals surface area contributed by atoms with Crippen LogP contribution in [0.1, 0.15) is 36.4 Å². The quantitative estimate of drug-likeness (QED) is 0.616. The second-order valence-corrected chi connectivity index (χ2v) is 5.13. The van der Waals surface area contributed by atoms with Gasteiger partial charge in [-0.15, -0.1) is 0 Å². The van der Waals surface area contributed by atoms with E-state index in [4.69, 9.17) is 5.26 Å². The summed E-state index contributed by atoms with van der Waals surface area (Å²) in [5, 5.41) is 8.72. The molecular formula is C17H20N2O2. The summed E-state index contributed by atoms with van der Waals surface area (Å²) in [4.78, 5) is 13.4. The van der Waals surface area contributed by atoms with Crippen molar-refractivity contribution in [2.45, 2.75) is 25.3 Å². The number of ether oxygens (including phenoxy) is 1. The molecule has 1 saturated heterocycles. The first-order valence-corrected chi connectivity index (χ1v) is 7.21. The molecular weight excluding hydrogens is 264 g/mol. The molecule has 1 aromatic rings. The number of hydrogen-bond donors (Lipinski definition) is 0. The number of rotatable bonds is 5. The summed E-state index contributed by atoms with van der Waals surface area (Å²) in [5.41, 5.74) is 2.26. The molecule has 1 aromatic carbocycles. The summed E-state index contributed by atoms with van der Waals surface area (Å²) in [6.07, 6.45) is 6.07. The van der Waals surface area contributed by atoms with Crippen LogP contribution in [-0.2, 0) is 9.53 Å². The molecule has 1 heterocycles. The summed E-state index contributed by atoms with van der Waals surface area (Å²) in [6.45, 7) is 1.90. The second-order valence-electron chi connectivity index (χ2n) is 5.13. The number of benzene rings is 1. The Kier molecular flexibility index (Phi) is 5.53. The van der Waals surface area contributed by atoms with Gasteiger partial charge >= 0.3 is 5.97 Å². The van der Waals surface area contributed by atoms with E-state index >= 15 is 0 Å². The molecule has 110 valence electrons. The van der Waals surface area contributed by atoms with Crippen molar-refractivity contribution in [1.29, 1.82) is 5.26 Å². The van der Waals surface area contributed by atoms with Crippen LogP contribution in [0, 0.1) is 11.3 Å². The molecule has 0 N–H and O–H groups in total. The van der Waals surface area contributed by atoms with E-state index in [-0.39, 0.29) is 5.97 Å². The van der Waals surface area contributed by atoms with Crippen molar-refractivity contribution in [2.24, 2.45) is 0 Å². The van der Waals surface area contributed by atoms with Gasteiger partial charge in [-0.3, -0.25) is 4.90 Å². The Hall–Kier alpha value is -2.12. The Labute approximate surface area is 125 Å². The van der Waals surface area contributed by atoms with Gasteiger partial charge in [0, 0.05) is 25.1 Å². The highest BCUT2D eigenvalue weighted by Gasteiger charge is 2.25. The van der Waals surface area contributed by atoms with Crippen LogP contribution in [0.5, 0.6) is 0 Å². The molecule has 0 aromatic heterocycles. The zero-order chi connectivity index (χ0) is 15.1. The van der Waals surface area contributed by atoms with Crippen LogP contribution < -0.4 is 0 Å². The van der Waals surface area contributed by atoms with Gasteiger partial charge in [-0.2, -0.15) is 5.26 Å². The van der Waals surface area contributed by atoms with Gasteiger partial charge < -0.3 is 4.74 Å². The smallest absolute Gasteiger partial charge is 0.330 e. The van der Waals surface area contributed by atoms with Gasteiger partial charge in [0.2, 0.25) is 0 Å². The number of nitrogens with zero attached hydrogens (tertiary/aromatic N) is 2. The topological polar surface area (TPSA) is 53.3 Å². The third-order valence-corrected chi connectivity index (χ3v) is 3.81. The average Bonchev–Trinajstić information content (AvgIpc) is 2.99. The molecule has 1 fully saturated rings. The maximum atomic E-state index is 11.1. The molecule has 1 aliphatic heterocycles. The number of carbonyl (C=O) groups excluding carboxylic acids is 1. The summed E-state index contributed by atoms with van der Waals surface area (Å²) >= 11 is 0. The lowest BCUT2D eigenvalue weighted by molar-refractivity contribution is -0.134. The van der Waals surface area contributed by atoms with Crippen LogP contribution in [0.2, 0.25) is 0 Å². The van der Waals surface area contributed by atoms with E-state index in [2.05, 4.69) is 27.8 Å². The highest BCUT2D eigenvalue weighted by Crippen LogP contribution is 2.31. The first-order valence-electron chi connectivity index (χ1n) is 7.21. The molecule has 4 nitrogen and oxygen atoms in total. The van der Waals surface area contributed by atoms with Gasteiger partial charge in [0.1, 0.15) is 0 Å². The molecule has 1 aliphatic rings. The maximum absolute atomic E-state index is 11.1. The molecule has 0 radical (unpaired) electrons. The van der Waals surface area contributed by atoms with Crippen LogP contribution in [-0.4, -0.2) is 31.1 Å². The van der Waals surface area contributed by atoms with Gasteiger partial charge in [-0.25, -0.2) is 4.79 Å². The van der Waals surface area contributed by atoms with E-state index in [1.54, 1.807) is 6.08 Å².